The van der Waals surface area contributed by atoms with E-state index in [0.717, 1.165) is 10.8 Å². The highest BCUT2D eigenvalue weighted by molar-refractivity contribution is 7.64. The molecular weight excluding hydrogens is 461 g/mol. The normalized spacial score (nSPS) is 26.9. The Morgan fingerprint density at radius 1 is 1.38 bits per heavy atom. The van der Waals surface area contributed by atoms with Crippen molar-refractivity contribution in [2.75, 3.05) is 6.61 Å². The summed E-state index contributed by atoms with van der Waals surface area (Å²) in [6.45, 7) is -0.847. The van der Waals surface area contributed by atoms with Crippen molar-refractivity contribution in [2.45, 2.75) is 24.9 Å². The van der Waals surface area contributed by atoms with Gasteiger partial charge in [0.05, 0.1) is 12.7 Å². The molecule has 0 aromatic carbocycles. The molecule has 15 nitrogen and oxygen atoms in total. The van der Waals surface area contributed by atoms with Gasteiger partial charge in [0.1, 0.15) is 17.9 Å². The Bertz CT molecular complexity index is 1040. The summed E-state index contributed by atoms with van der Waals surface area (Å²) >= 11 is 0. The lowest BCUT2D eigenvalue weighted by atomic mass is 10.2. The number of terminal acetylenes is 1. The van der Waals surface area contributed by atoms with Crippen LogP contribution in [-0.4, -0.2) is 48.2 Å². The molecule has 0 saturated carbocycles. The number of aliphatic hydroxyl groups is 1. The smallest absolute Gasteiger partial charge is 0.390 e. The average Bonchev–Trinajstić information content (AvgIpc) is 2.91. The van der Waals surface area contributed by atoms with E-state index in [9.17, 15) is 33.3 Å². The summed E-state index contributed by atoms with van der Waals surface area (Å²) < 4.78 is 51.4. The Labute approximate surface area is 162 Å². The number of phosphoric acid groups is 2. The molecule has 1 fully saturated rings. The van der Waals surface area contributed by atoms with Gasteiger partial charge in [-0.15, -0.1) is 6.42 Å². The van der Waals surface area contributed by atoms with E-state index in [4.69, 9.17) is 20.9 Å². The number of rotatable bonds is 8. The Kier molecular flexibility index (Phi) is 7.56. The summed E-state index contributed by atoms with van der Waals surface area (Å²) in [6, 6.07) is 0. The highest BCUT2D eigenvalue weighted by Gasteiger charge is 2.41. The van der Waals surface area contributed by atoms with Crippen molar-refractivity contribution in [3.05, 3.63) is 32.6 Å². The van der Waals surface area contributed by atoms with Crippen molar-refractivity contribution < 1.29 is 51.4 Å². The lowest BCUT2D eigenvalue weighted by Gasteiger charge is -2.19. The molecule has 2 rings (SSSR count). The first kappa shape index (κ1) is 23.9. The number of ether oxygens (including phenoxy) is 1. The number of phosphoric ester groups is 1. The minimum atomic E-state index is -5.38. The minimum absolute atomic E-state index is 0.183. The molecule has 1 aliphatic rings. The fourth-order valence-electron chi connectivity index (χ4n) is 2.27. The first-order chi connectivity index (χ1) is 13.3. The van der Waals surface area contributed by atoms with E-state index in [-0.39, 0.29) is 12.0 Å². The maximum atomic E-state index is 11.9. The van der Waals surface area contributed by atoms with E-state index >= 15 is 0 Å². The number of hydrogen-bond donors (Lipinski definition) is 5. The van der Waals surface area contributed by atoms with Gasteiger partial charge in [-0.05, 0) is 0 Å². The van der Waals surface area contributed by atoms with Gasteiger partial charge in [0.15, 0.2) is 0 Å². The van der Waals surface area contributed by atoms with Crippen LogP contribution in [0.25, 0.3) is 0 Å². The summed E-state index contributed by atoms with van der Waals surface area (Å²) in [5.74, 6) is 2.06. The van der Waals surface area contributed by atoms with Crippen LogP contribution in [0.3, 0.4) is 0 Å². The number of hydrogen-bond acceptors (Lipinski definition) is 10. The molecule has 4 unspecified atom stereocenters. The molecule has 29 heavy (non-hydrogen) atoms. The van der Waals surface area contributed by atoms with Crippen LogP contribution >= 0.6 is 23.9 Å². The van der Waals surface area contributed by atoms with Crippen LogP contribution < -0.4 is 11.2 Å². The molecule has 0 aliphatic carbocycles. The second kappa shape index (κ2) is 9.18. The van der Waals surface area contributed by atoms with Crippen LogP contribution in [0.1, 0.15) is 18.2 Å². The van der Waals surface area contributed by atoms with Gasteiger partial charge in [-0.2, -0.15) is 4.31 Å². The number of aromatic nitrogens is 2. The zero-order chi connectivity index (χ0) is 22.0. The van der Waals surface area contributed by atoms with Crippen molar-refractivity contribution >= 4 is 23.9 Å². The van der Waals surface area contributed by atoms with Gasteiger partial charge >= 0.3 is 29.6 Å². The second-order valence-electron chi connectivity index (χ2n) is 5.46. The van der Waals surface area contributed by atoms with Crippen molar-refractivity contribution in [1.82, 2.24) is 9.55 Å². The van der Waals surface area contributed by atoms with Gasteiger partial charge in [0.25, 0.3) is 5.56 Å². The van der Waals surface area contributed by atoms with Crippen molar-refractivity contribution in [3.8, 4) is 12.3 Å². The first-order valence-corrected chi connectivity index (χ1v) is 11.7. The zero-order valence-electron chi connectivity index (χ0n) is 14.1. The summed E-state index contributed by atoms with van der Waals surface area (Å²) in [7, 11) is -14.6. The van der Waals surface area contributed by atoms with E-state index in [1.165, 1.54) is 0 Å². The van der Waals surface area contributed by atoms with Crippen molar-refractivity contribution in [1.29, 1.82) is 0 Å². The lowest BCUT2D eigenvalue weighted by Crippen LogP contribution is -2.33. The number of H-pyrrole nitrogens is 1. The summed E-state index contributed by atoms with van der Waals surface area (Å²) in [5, 5.41) is 10.00. The van der Waals surface area contributed by atoms with Crippen LogP contribution in [0.2, 0.25) is 0 Å². The fourth-order valence-corrected chi connectivity index (χ4v) is 5.06. The molecule has 1 aromatic rings. The topological polar surface area (TPSA) is 224 Å². The fraction of sp³-hybridized carbons (Fsp3) is 0.455. The Morgan fingerprint density at radius 2 is 2.03 bits per heavy atom. The third-order valence-electron chi connectivity index (χ3n) is 3.44. The molecule has 162 valence electrons. The second-order valence-corrected chi connectivity index (χ2v) is 9.51. The zero-order valence-corrected chi connectivity index (χ0v) is 16.9. The van der Waals surface area contributed by atoms with Crippen LogP contribution in [-0.2, 0) is 31.6 Å². The lowest BCUT2D eigenvalue weighted by molar-refractivity contribution is -0.0450. The summed E-state index contributed by atoms with van der Waals surface area (Å²) in [6.07, 6.45) is 2.23. The molecule has 5 N–H and O–H groups in total. The number of nitrogens with one attached hydrogen (secondary N) is 1. The molecule has 1 aromatic heterocycles. The predicted octanol–water partition coefficient (Wildman–Crippen LogP) is -1.20. The van der Waals surface area contributed by atoms with E-state index in [1.807, 2.05) is 4.98 Å². The van der Waals surface area contributed by atoms with Crippen LogP contribution in [0.15, 0.2) is 15.8 Å². The van der Waals surface area contributed by atoms with Gasteiger partial charge in [0.2, 0.25) is 0 Å². The molecule has 1 saturated heterocycles. The average molecular weight is 476 g/mol. The molecule has 0 spiro atoms. The van der Waals surface area contributed by atoms with Gasteiger partial charge < -0.3 is 24.5 Å². The number of aromatic amines is 1. The monoisotopic (exact) mass is 476 g/mol. The molecule has 0 radical (unpaired) electrons. The molecule has 0 amide bonds. The molecule has 0 bridgehead atoms. The Balaban J connectivity index is 2.06. The van der Waals surface area contributed by atoms with Crippen molar-refractivity contribution in [3.63, 3.8) is 0 Å². The maximum Gasteiger partial charge on any atom is 0.488 e. The standard InChI is InChI=1S/C11H15N2O13P3/c1-2-6-4-13(11(16)12-10(6)15)9-3-7(14)8(24-9)5-23-28(19,20)26-29(21,22)25-27(17)18/h1,4,7-9,14,27H,3,5H2,(H,17,18)(H,19,20)(H,21,22)(H,12,15,16)/t7?,8-,9-/m1/s1. The Hall–Kier alpha value is -1.39. The van der Waals surface area contributed by atoms with E-state index in [0.29, 0.717) is 0 Å². The van der Waals surface area contributed by atoms with Gasteiger partial charge in [-0.3, -0.25) is 23.4 Å². The largest absolute Gasteiger partial charge is 0.488 e. The predicted molar refractivity (Wildman–Crippen MR) is 92.8 cm³/mol. The maximum absolute atomic E-state index is 11.9. The third kappa shape index (κ3) is 6.55. The van der Waals surface area contributed by atoms with E-state index < -0.39 is 60.2 Å². The number of nitrogens with zero attached hydrogens (tertiary/aromatic N) is 1. The molecule has 18 heteroatoms. The minimum Gasteiger partial charge on any atom is -0.390 e. The van der Waals surface area contributed by atoms with Crippen LogP contribution in [0.5, 0.6) is 0 Å². The third-order valence-corrected chi connectivity index (χ3v) is 7.11. The summed E-state index contributed by atoms with van der Waals surface area (Å²) in [5.41, 5.74) is -1.87. The molecular formula is C11H15N2O13P3. The van der Waals surface area contributed by atoms with Crippen molar-refractivity contribution in [2.24, 2.45) is 0 Å². The highest BCUT2D eigenvalue weighted by atomic mass is 31.3. The molecule has 1 aliphatic heterocycles. The molecule has 2 heterocycles. The summed E-state index contributed by atoms with van der Waals surface area (Å²) in [4.78, 5) is 52.2. The SMILES string of the molecule is C#Cc1cn([C@H]2CC(O)[C@@H](COP(=O)(O)OP(=O)(O)O[PH](=O)O)O2)c(=O)[nH]c1=O. The van der Waals surface area contributed by atoms with E-state index in [1.54, 1.807) is 0 Å². The number of aliphatic hydroxyl groups excluding tert-OH is 1. The van der Waals surface area contributed by atoms with E-state index in [2.05, 4.69) is 19.1 Å². The Morgan fingerprint density at radius 3 is 2.62 bits per heavy atom. The first-order valence-electron chi connectivity index (χ1n) is 7.43. The van der Waals surface area contributed by atoms with Crippen LogP contribution in [0, 0.1) is 12.3 Å². The van der Waals surface area contributed by atoms with Gasteiger partial charge in [-0.1, -0.05) is 5.92 Å². The van der Waals surface area contributed by atoms with Crippen LogP contribution in [0.4, 0.5) is 0 Å². The quantitative estimate of drug-likeness (QED) is 0.220. The highest BCUT2D eigenvalue weighted by Crippen LogP contribution is 2.63. The molecule has 6 atom stereocenters. The van der Waals surface area contributed by atoms with Gasteiger partial charge in [0, 0.05) is 12.6 Å². The van der Waals surface area contributed by atoms with Gasteiger partial charge in [-0.25, -0.2) is 18.2 Å².